The van der Waals surface area contributed by atoms with Gasteiger partial charge in [0.2, 0.25) is 0 Å². The molecule has 2 atom stereocenters. The predicted octanol–water partition coefficient (Wildman–Crippen LogP) is 1.52. The molecular weight excluding hydrogens is 140 g/mol. The maximum absolute atomic E-state index is 11.0. The lowest BCUT2D eigenvalue weighted by Gasteiger charge is -2.32. The van der Waals surface area contributed by atoms with Crippen LogP contribution in [0.2, 0.25) is 0 Å². The summed E-state index contributed by atoms with van der Waals surface area (Å²) in [7, 11) is 0. The van der Waals surface area contributed by atoms with E-state index in [9.17, 15) is 9.90 Å². The molecule has 0 aromatic carbocycles. The van der Waals surface area contributed by atoms with E-state index >= 15 is 0 Å². The van der Waals surface area contributed by atoms with Gasteiger partial charge >= 0.3 is 0 Å². The van der Waals surface area contributed by atoms with Crippen molar-refractivity contribution in [2.45, 2.75) is 45.1 Å². The fourth-order valence-corrected chi connectivity index (χ4v) is 1.81. The number of hydrogen-bond donors (Lipinski definition) is 1. The van der Waals surface area contributed by atoms with Crippen LogP contribution in [0.25, 0.3) is 0 Å². The first-order valence-corrected chi connectivity index (χ1v) is 4.24. The van der Waals surface area contributed by atoms with Gasteiger partial charge in [0.05, 0.1) is 5.60 Å². The molecule has 0 saturated heterocycles. The fraction of sp³-hybridized carbons (Fsp3) is 0.889. The summed E-state index contributed by atoms with van der Waals surface area (Å²) in [6, 6.07) is 0. The molecule has 0 bridgehead atoms. The van der Waals surface area contributed by atoms with E-state index in [1.165, 1.54) is 0 Å². The van der Waals surface area contributed by atoms with Crippen LogP contribution in [0, 0.1) is 5.92 Å². The Morgan fingerprint density at radius 1 is 1.64 bits per heavy atom. The van der Waals surface area contributed by atoms with Crippen molar-refractivity contribution in [3.8, 4) is 0 Å². The second-order valence-electron chi connectivity index (χ2n) is 3.90. The van der Waals surface area contributed by atoms with E-state index in [1.54, 1.807) is 6.92 Å². The van der Waals surface area contributed by atoms with Crippen molar-refractivity contribution in [1.29, 1.82) is 0 Å². The molecule has 0 heterocycles. The molecule has 2 nitrogen and oxygen atoms in total. The number of carbonyl (C=O) groups is 1. The molecule has 0 aromatic heterocycles. The van der Waals surface area contributed by atoms with Crippen molar-refractivity contribution in [1.82, 2.24) is 0 Å². The molecule has 1 N–H and O–H groups in total. The molecule has 0 spiro atoms. The van der Waals surface area contributed by atoms with Crippen LogP contribution in [0.1, 0.15) is 39.5 Å². The quantitative estimate of drug-likeness (QED) is 0.625. The SMILES string of the molecule is CC(=O)C1CCCC(C)(O)C1. The number of hydrogen-bond acceptors (Lipinski definition) is 2. The standard InChI is InChI=1S/C9H16O2/c1-7(10)8-4-3-5-9(2,11)6-8/h8,11H,3-6H2,1-2H3. The Balaban J connectivity index is 2.53. The Morgan fingerprint density at radius 2 is 2.27 bits per heavy atom. The summed E-state index contributed by atoms with van der Waals surface area (Å²) in [5, 5.41) is 9.64. The Morgan fingerprint density at radius 3 is 2.64 bits per heavy atom. The van der Waals surface area contributed by atoms with E-state index in [2.05, 4.69) is 0 Å². The third-order valence-corrected chi connectivity index (χ3v) is 2.53. The van der Waals surface area contributed by atoms with Crippen molar-refractivity contribution < 1.29 is 9.90 Å². The topological polar surface area (TPSA) is 37.3 Å². The highest BCUT2D eigenvalue weighted by Crippen LogP contribution is 2.32. The molecule has 64 valence electrons. The van der Waals surface area contributed by atoms with E-state index < -0.39 is 5.60 Å². The van der Waals surface area contributed by atoms with Crippen molar-refractivity contribution in [3.63, 3.8) is 0 Å². The number of Topliss-reactive ketones (excluding diaryl/α,β-unsaturated/α-hetero) is 1. The summed E-state index contributed by atoms with van der Waals surface area (Å²) < 4.78 is 0. The molecule has 1 aliphatic rings. The largest absolute Gasteiger partial charge is 0.390 e. The van der Waals surface area contributed by atoms with Gasteiger partial charge < -0.3 is 5.11 Å². The normalized spacial score (nSPS) is 38.6. The van der Waals surface area contributed by atoms with Gasteiger partial charge in [-0.3, -0.25) is 4.79 Å². The second kappa shape index (κ2) is 2.94. The Hall–Kier alpha value is -0.370. The molecule has 2 unspecified atom stereocenters. The number of carbonyl (C=O) groups excluding carboxylic acids is 1. The molecule has 1 saturated carbocycles. The van der Waals surface area contributed by atoms with Crippen molar-refractivity contribution in [3.05, 3.63) is 0 Å². The van der Waals surface area contributed by atoms with Crippen LogP contribution in [0.3, 0.4) is 0 Å². The summed E-state index contributed by atoms with van der Waals surface area (Å²) in [5.41, 5.74) is -0.589. The maximum Gasteiger partial charge on any atom is 0.133 e. The molecule has 0 aromatic rings. The van der Waals surface area contributed by atoms with Gasteiger partial charge in [-0.05, 0) is 39.5 Å². The molecule has 2 heteroatoms. The lowest BCUT2D eigenvalue weighted by molar-refractivity contribution is -0.124. The van der Waals surface area contributed by atoms with Crippen LogP contribution in [-0.2, 0) is 4.79 Å². The van der Waals surface area contributed by atoms with Gasteiger partial charge in [0.25, 0.3) is 0 Å². The Kier molecular flexibility index (Phi) is 2.33. The lowest BCUT2D eigenvalue weighted by Crippen LogP contribution is -2.34. The molecule has 1 rings (SSSR count). The molecular formula is C9H16O2. The highest BCUT2D eigenvalue weighted by Gasteiger charge is 2.31. The maximum atomic E-state index is 11.0. The first kappa shape index (κ1) is 8.72. The summed E-state index contributed by atoms with van der Waals surface area (Å²) in [6.07, 6.45) is 3.45. The van der Waals surface area contributed by atoms with Crippen molar-refractivity contribution >= 4 is 5.78 Å². The molecule has 1 fully saturated rings. The van der Waals surface area contributed by atoms with Gasteiger partial charge in [0.1, 0.15) is 5.78 Å². The Labute approximate surface area is 67.6 Å². The first-order valence-electron chi connectivity index (χ1n) is 4.24. The smallest absolute Gasteiger partial charge is 0.133 e. The minimum Gasteiger partial charge on any atom is -0.390 e. The highest BCUT2D eigenvalue weighted by molar-refractivity contribution is 5.78. The van der Waals surface area contributed by atoms with Gasteiger partial charge in [-0.25, -0.2) is 0 Å². The molecule has 11 heavy (non-hydrogen) atoms. The van der Waals surface area contributed by atoms with Crippen LogP contribution in [0.4, 0.5) is 0 Å². The average Bonchev–Trinajstić information content (AvgIpc) is 1.85. The number of rotatable bonds is 1. The van der Waals surface area contributed by atoms with Crippen LogP contribution < -0.4 is 0 Å². The van der Waals surface area contributed by atoms with Gasteiger partial charge in [-0.1, -0.05) is 0 Å². The van der Waals surface area contributed by atoms with Crippen LogP contribution >= 0.6 is 0 Å². The zero-order valence-electron chi connectivity index (χ0n) is 7.26. The van der Waals surface area contributed by atoms with Crippen LogP contribution in [-0.4, -0.2) is 16.5 Å². The van der Waals surface area contributed by atoms with E-state index in [-0.39, 0.29) is 11.7 Å². The second-order valence-corrected chi connectivity index (χ2v) is 3.90. The van der Waals surface area contributed by atoms with Gasteiger partial charge in [-0.2, -0.15) is 0 Å². The zero-order valence-corrected chi connectivity index (χ0v) is 7.26. The molecule has 0 radical (unpaired) electrons. The lowest BCUT2D eigenvalue weighted by atomic mass is 9.78. The summed E-state index contributed by atoms with van der Waals surface area (Å²) in [6.45, 7) is 3.44. The van der Waals surface area contributed by atoms with E-state index in [1.807, 2.05) is 6.92 Å². The highest BCUT2D eigenvalue weighted by atomic mass is 16.3. The molecule has 1 aliphatic carbocycles. The summed E-state index contributed by atoms with van der Waals surface area (Å²) >= 11 is 0. The van der Waals surface area contributed by atoms with E-state index in [0.29, 0.717) is 6.42 Å². The molecule has 0 aliphatic heterocycles. The third-order valence-electron chi connectivity index (χ3n) is 2.53. The fourth-order valence-electron chi connectivity index (χ4n) is 1.81. The van der Waals surface area contributed by atoms with Crippen molar-refractivity contribution in [2.75, 3.05) is 0 Å². The minimum absolute atomic E-state index is 0.110. The van der Waals surface area contributed by atoms with Crippen molar-refractivity contribution in [2.24, 2.45) is 5.92 Å². The van der Waals surface area contributed by atoms with Gasteiger partial charge in [0.15, 0.2) is 0 Å². The van der Waals surface area contributed by atoms with Crippen LogP contribution in [0.15, 0.2) is 0 Å². The summed E-state index contributed by atoms with van der Waals surface area (Å²) in [5.74, 6) is 0.337. The minimum atomic E-state index is -0.589. The predicted molar refractivity (Wildman–Crippen MR) is 43.3 cm³/mol. The average molecular weight is 156 g/mol. The van der Waals surface area contributed by atoms with Crippen LogP contribution in [0.5, 0.6) is 0 Å². The molecule has 0 amide bonds. The monoisotopic (exact) mass is 156 g/mol. The zero-order chi connectivity index (χ0) is 8.48. The Bertz CT molecular complexity index is 161. The number of aliphatic hydroxyl groups is 1. The number of ketones is 1. The summed E-state index contributed by atoms with van der Waals surface area (Å²) in [4.78, 5) is 11.0. The third kappa shape index (κ3) is 2.29. The van der Waals surface area contributed by atoms with Gasteiger partial charge in [0, 0.05) is 5.92 Å². The first-order chi connectivity index (χ1) is 5.01. The van der Waals surface area contributed by atoms with E-state index in [4.69, 9.17) is 0 Å². The van der Waals surface area contributed by atoms with E-state index in [0.717, 1.165) is 19.3 Å². The van der Waals surface area contributed by atoms with Gasteiger partial charge in [-0.15, -0.1) is 0 Å².